The van der Waals surface area contributed by atoms with E-state index in [4.69, 9.17) is 0 Å². The summed E-state index contributed by atoms with van der Waals surface area (Å²) < 4.78 is 0. The van der Waals surface area contributed by atoms with Gasteiger partial charge in [-0.25, -0.2) is 4.98 Å². The van der Waals surface area contributed by atoms with Crippen LogP contribution in [0.25, 0.3) is 0 Å². The van der Waals surface area contributed by atoms with Gasteiger partial charge in [-0.15, -0.1) is 0 Å². The monoisotopic (exact) mass is 319 g/mol. The number of carbonyl (C=O) groups is 1. The van der Waals surface area contributed by atoms with Gasteiger partial charge < -0.3 is 10.6 Å². The second-order valence-corrected chi connectivity index (χ2v) is 5.18. The van der Waals surface area contributed by atoms with E-state index < -0.39 is 0 Å². The molecule has 0 aliphatic heterocycles. The lowest BCUT2D eigenvalue weighted by molar-refractivity contribution is 0.0946. The number of pyridine rings is 3. The second-order valence-electron chi connectivity index (χ2n) is 5.18. The maximum Gasteiger partial charge on any atom is 0.270 e. The van der Waals surface area contributed by atoms with Crippen LogP contribution < -0.4 is 10.6 Å². The Balaban J connectivity index is 1.53. The van der Waals surface area contributed by atoms with Crippen LogP contribution in [0.1, 0.15) is 21.6 Å². The zero-order chi connectivity index (χ0) is 16.6. The molecule has 6 nitrogen and oxygen atoms in total. The van der Waals surface area contributed by atoms with Crippen LogP contribution in [0, 0.1) is 0 Å². The molecule has 24 heavy (non-hydrogen) atoms. The van der Waals surface area contributed by atoms with Crippen LogP contribution in [-0.2, 0) is 13.1 Å². The molecule has 6 heteroatoms. The largest absolute Gasteiger partial charge is 0.380 e. The average molecular weight is 319 g/mol. The van der Waals surface area contributed by atoms with E-state index >= 15 is 0 Å². The van der Waals surface area contributed by atoms with Gasteiger partial charge in [-0.3, -0.25) is 14.8 Å². The summed E-state index contributed by atoms with van der Waals surface area (Å²) in [6.45, 7) is 1.13. The molecule has 2 N–H and O–H groups in total. The Hall–Kier alpha value is -3.28. The van der Waals surface area contributed by atoms with Gasteiger partial charge in [0.15, 0.2) is 0 Å². The molecule has 0 aliphatic carbocycles. The zero-order valence-electron chi connectivity index (χ0n) is 13.0. The Bertz CT molecular complexity index is 776. The molecule has 0 saturated carbocycles. The van der Waals surface area contributed by atoms with E-state index in [1.165, 1.54) is 0 Å². The first kappa shape index (κ1) is 15.6. The Morgan fingerprint density at radius 3 is 2.04 bits per heavy atom. The van der Waals surface area contributed by atoms with Crippen molar-refractivity contribution in [3.05, 3.63) is 84.2 Å². The van der Waals surface area contributed by atoms with Crippen molar-refractivity contribution < 1.29 is 4.79 Å². The topological polar surface area (TPSA) is 79.8 Å². The molecule has 0 bridgehead atoms. The molecule has 3 heterocycles. The van der Waals surface area contributed by atoms with Crippen molar-refractivity contribution in [3.63, 3.8) is 0 Å². The molecule has 3 aromatic heterocycles. The molecule has 1 amide bonds. The predicted molar refractivity (Wildman–Crippen MR) is 91.2 cm³/mol. The van der Waals surface area contributed by atoms with E-state index in [2.05, 4.69) is 25.6 Å². The molecule has 0 unspecified atom stereocenters. The minimum atomic E-state index is -0.201. The van der Waals surface area contributed by atoms with Gasteiger partial charge in [0, 0.05) is 37.9 Å². The molecule has 0 aromatic carbocycles. The lowest BCUT2D eigenvalue weighted by Crippen LogP contribution is -2.23. The number of nitrogens with one attached hydrogen (secondary N) is 2. The van der Waals surface area contributed by atoms with Crippen molar-refractivity contribution in [2.75, 3.05) is 5.32 Å². The Labute approximate surface area is 140 Å². The summed E-state index contributed by atoms with van der Waals surface area (Å²) in [4.78, 5) is 24.2. The van der Waals surface area contributed by atoms with Crippen LogP contribution >= 0.6 is 0 Å². The first-order valence-electron chi connectivity index (χ1n) is 7.57. The zero-order valence-corrected chi connectivity index (χ0v) is 13.0. The Morgan fingerprint density at radius 1 is 0.833 bits per heavy atom. The summed E-state index contributed by atoms with van der Waals surface area (Å²) in [6, 6.07) is 11.2. The molecule has 0 spiro atoms. The van der Waals surface area contributed by atoms with Crippen LogP contribution in [0.15, 0.2) is 67.4 Å². The summed E-state index contributed by atoms with van der Waals surface area (Å²) >= 11 is 0. The van der Waals surface area contributed by atoms with Gasteiger partial charge >= 0.3 is 0 Å². The average Bonchev–Trinajstić information content (AvgIpc) is 2.66. The maximum absolute atomic E-state index is 12.1. The lowest BCUT2D eigenvalue weighted by Gasteiger charge is -2.08. The summed E-state index contributed by atoms with van der Waals surface area (Å²) in [5.41, 5.74) is 3.37. The van der Waals surface area contributed by atoms with E-state index in [1.807, 2.05) is 30.3 Å². The molecular formula is C18H17N5O. The number of hydrogen-bond acceptors (Lipinski definition) is 5. The number of anilines is 1. The highest BCUT2D eigenvalue weighted by Crippen LogP contribution is 2.08. The minimum Gasteiger partial charge on any atom is -0.380 e. The molecule has 0 fully saturated rings. The van der Waals surface area contributed by atoms with E-state index in [0.29, 0.717) is 18.8 Å². The molecule has 0 radical (unpaired) electrons. The molecule has 0 aliphatic rings. The number of carbonyl (C=O) groups excluding carboxylic acids is 1. The van der Waals surface area contributed by atoms with Crippen LogP contribution in [0.5, 0.6) is 0 Å². The predicted octanol–water partition coefficient (Wildman–Crippen LogP) is 2.41. The molecule has 0 atom stereocenters. The quantitative estimate of drug-likeness (QED) is 0.729. The van der Waals surface area contributed by atoms with Gasteiger partial charge in [-0.05, 0) is 47.5 Å². The fraction of sp³-hybridized carbons (Fsp3) is 0.111. The number of hydrogen-bond donors (Lipinski definition) is 2. The Kier molecular flexibility index (Phi) is 5.09. The van der Waals surface area contributed by atoms with E-state index in [0.717, 1.165) is 16.8 Å². The third-order valence-electron chi connectivity index (χ3n) is 3.44. The fourth-order valence-corrected chi connectivity index (χ4v) is 2.11. The summed E-state index contributed by atoms with van der Waals surface area (Å²) in [5, 5.41) is 6.09. The highest BCUT2D eigenvalue weighted by atomic mass is 16.1. The second kappa shape index (κ2) is 7.82. The van der Waals surface area contributed by atoms with Crippen molar-refractivity contribution in [1.29, 1.82) is 0 Å². The number of nitrogens with zero attached hydrogens (tertiary/aromatic N) is 3. The number of amides is 1. The van der Waals surface area contributed by atoms with Crippen molar-refractivity contribution in [2.24, 2.45) is 0 Å². The van der Waals surface area contributed by atoms with Crippen LogP contribution in [-0.4, -0.2) is 20.9 Å². The van der Waals surface area contributed by atoms with Gasteiger partial charge in [0.1, 0.15) is 5.69 Å². The molecule has 0 saturated heterocycles. The highest BCUT2D eigenvalue weighted by Gasteiger charge is 2.06. The van der Waals surface area contributed by atoms with Crippen molar-refractivity contribution in [2.45, 2.75) is 13.1 Å². The van der Waals surface area contributed by atoms with Crippen molar-refractivity contribution in [1.82, 2.24) is 20.3 Å². The highest BCUT2D eigenvalue weighted by molar-refractivity contribution is 5.92. The summed E-state index contributed by atoms with van der Waals surface area (Å²) in [7, 11) is 0. The smallest absolute Gasteiger partial charge is 0.270 e. The maximum atomic E-state index is 12.1. The summed E-state index contributed by atoms with van der Waals surface area (Å²) in [6.07, 6.45) is 8.56. The van der Waals surface area contributed by atoms with Crippen molar-refractivity contribution >= 4 is 11.6 Å². The van der Waals surface area contributed by atoms with Crippen LogP contribution in [0.4, 0.5) is 5.69 Å². The van der Waals surface area contributed by atoms with E-state index in [-0.39, 0.29) is 5.91 Å². The van der Waals surface area contributed by atoms with Gasteiger partial charge in [0.2, 0.25) is 0 Å². The van der Waals surface area contributed by atoms with Gasteiger partial charge in [-0.1, -0.05) is 0 Å². The molecule has 3 rings (SSSR count). The van der Waals surface area contributed by atoms with E-state index in [1.54, 1.807) is 37.1 Å². The SMILES string of the molecule is O=C(NCc1ccncc1)c1ccc(NCc2ccncc2)cn1. The standard InChI is InChI=1S/C18H17N5O/c24-18(23-12-15-5-9-20-10-6-15)17-2-1-16(13-22-17)21-11-14-3-7-19-8-4-14/h1-10,13,21H,11-12H2,(H,23,24). The molecule has 120 valence electrons. The molecular weight excluding hydrogens is 302 g/mol. The van der Waals surface area contributed by atoms with Crippen LogP contribution in [0.2, 0.25) is 0 Å². The first-order valence-corrected chi connectivity index (χ1v) is 7.57. The third kappa shape index (κ3) is 4.36. The Morgan fingerprint density at radius 2 is 1.46 bits per heavy atom. The first-order chi connectivity index (χ1) is 11.8. The number of aromatic nitrogens is 3. The van der Waals surface area contributed by atoms with Gasteiger partial charge in [0.25, 0.3) is 5.91 Å². The number of rotatable bonds is 6. The van der Waals surface area contributed by atoms with E-state index in [9.17, 15) is 4.79 Å². The van der Waals surface area contributed by atoms with Gasteiger partial charge in [-0.2, -0.15) is 0 Å². The summed E-state index contributed by atoms with van der Waals surface area (Å²) in [5.74, 6) is -0.201. The third-order valence-corrected chi connectivity index (χ3v) is 3.44. The fourth-order valence-electron chi connectivity index (χ4n) is 2.11. The molecule has 3 aromatic rings. The normalized spacial score (nSPS) is 10.2. The van der Waals surface area contributed by atoms with Gasteiger partial charge in [0.05, 0.1) is 11.9 Å². The van der Waals surface area contributed by atoms with Crippen LogP contribution in [0.3, 0.4) is 0 Å². The minimum absolute atomic E-state index is 0.201. The van der Waals surface area contributed by atoms with Crippen molar-refractivity contribution in [3.8, 4) is 0 Å². The lowest BCUT2D eigenvalue weighted by atomic mass is 10.2.